The second-order valence-corrected chi connectivity index (χ2v) is 6.98. The van der Waals surface area contributed by atoms with E-state index in [1.165, 1.54) is 0 Å². The third-order valence-corrected chi connectivity index (χ3v) is 5.13. The number of aryl methyl sites for hydroxylation is 1. The number of Topliss-reactive ketones (excluding diaryl/α,β-unsaturated/α-hetero) is 1. The van der Waals surface area contributed by atoms with Gasteiger partial charge in [-0.3, -0.25) is 4.79 Å². The molecule has 0 amide bonds. The van der Waals surface area contributed by atoms with Crippen LogP contribution in [0, 0.1) is 22.7 Å². The standard InChI is InChI=1S/C26H19N5O/c1-2-30-23-14-7-6-12-21(23)29-25(30)16-24(26(32)19-10-4-3-5-11-19)31-15-9-8-13-22(31)20(17-27)18-28/h3-16H,2H2,1H3/b24-16+. The predicted molar refractivity (Wildman–Crippen MR) is 123 cm³/mol. The van der Waals surface area contributed by atoms with Crippen LogP contribution >= 0.6 is 0 Å². The Morgan fingerprint density at radius 3 is 2.47 bits per heavy atom. The fourth-order valence-electron chi connectivity index (χ4n) is 3.64. The van der Waals surface area contributed by atoms with E-state index in [0.29, 0.717) is 29.3 Å². The lowest BCUT2D eigenvalue weighted by Gasteiger charge is -2.26. The summed E-state index contributed by atoms with van der Waals surface area (Å²) in [6.07, 6.45) is 8.53. The van der Waals surface area contributed by atoms with E-state index >= 15 is 0 Å². The SMILES string of the molecule is CCn1c(/C=C(\C(=O)c2ccccc2)N2C=CC=CC2=C(C#N)C#N)nc2ccccc21. The van der Waals surface area contributed by atoms with Crippen LogP contribution in [0.3, 0.4) is 0 Å². The van der Waals surface area contributed by atoms with Gasteiger partial charge < -0.3 is 9.47 Å². The Morgan fingerprint density at radius 2 is 1.75 bits per heavy atom. The molecule has 0 N–H and O–H groups in total. The first-order valence-corrected chi connectivity index (χ1v) is 10.1. The van der Waals surface area contributed by atoms with E-state index in [-0.39, 0.29) is 11.4 Å². The average Bonchev–Trinajstić information content (AvgIpc) is 3.21. The Hall–Kier alpha value is -4.68. The normalized spacial score (nSPS) is 13.2. The van der Waals surface area contributed by atoms with Crippen molar-refractivity contribution in [1.82, 2.24) is 14.5 Å². The van der Waals surface area contributed by atoms with Crippen molar-refractivity contribution in [3.05, 3.63) is 107 Å². The molecule has 3 aromatic rings. The molecule has 0 aliphatic carbocycles. The number of nitriles is 2. The van der Waals surface area contributed by atoms with Gasteiger partial charge in [-0.2, -0.15) is 10.5 Å². The number of aromatic nitrogens is 2. The van der Waals surface area contributed by atoms with Crippen LogP contribution in [0.1, 0.15) is 23.1 Å². The first-order chi connectivity index (χ1) is 15.7. The van der Waals surface area contributed by atoms with Crippen molar-refractivity contribution < 1.29 is 4.79 Å². The molecule has 0 atom stereocenters. The highest BCUT2D eigenvalue weighted by Gasteiger charge is 2.24. The summed E-state index contributed by atoms with van der Waals surface area (Å²) in [5.74, 6) is 0.374. The number of benzene rings is 2. The maximum absolute atomic E-state index is 13.6. The minimum absolute atomic E-state index is 0.0821. The van der Waals surface area contributed by atoms with Gasteiger partial charge in [0.1, 0.15) is 18.0 Å². The molecule has 2 aromatic carbocycles. The number of nitrogens with zero attached hydrogens (tertiary/aromatic N) is 5. The summed E-state index contributed by atoms with van der Waals surface area (Å²) < 4.78 is 2.02. The third kappa shape index (κ3) is 3.74. The van der Waals surface area contributed by atoms with Gasteiger partial charge in [0.2, 0.25) is 5.78 Å². The molecule has 32 heavy (non-hydrogen) atoms. The largest absolute Gasteiger partial charge is 0.325 e. The predicted octanol–water partition coefficient (Wildman–Crippen LogP) is 4.97. The molecular weight excluding hydrogens is 398 g/mol. The summed E-state index contributed by atoms with van der Waals surface area (Å²) in [5, 5.41) is 18.9. The molecule has 2 heterocycles. The van der Waals surface area contributed by atoms with Crippen LogP contribution in [-0.2, 0) is 6.54 Å². The number of fused-ring (bicyclic) bond motifs is 1. The zero-order valence-electron chi connectivity index (χ0n) is 17.4. The molecule has 4 rings (SSSR count). The fourth-order valence-corrected chi connectivity index (χ4v) is 3.64. The molecule has 0 spiro atoms. The second-order valence-electron chi connectivity index (χ2n) is 6.98. The Balaban J connectivity index is 1.96. The Bertz CT molecular complexity index is 1380. The molecule has 1 aliphatic heterocycles. The average molecular weight is 417 g/mol. The fraction of sp³-hybridized carbons (Fsp3) is 0.0769. The van der Waals surface area contributed by atoms with Crippen molar-refractivity contribution in [2.75, 3.05) is 0 Å². The van der Waals surface area contributed by atoms with Crippen LogP contribution in [0.4, 0.5) is 0 Å². The molecule has 6 nitrogen and oxygen atoms in total. The lowest BCUT2D eigenvalue weighted by Crippen LogP contribution is -2.24. The van der Waals surface area contributed by atoms with Gasteiger partial charge in [0.15, 0.2) is 5.57 Å². The molecule has 154 valence electrons. The molecule has 1 aliphatic rings. The van der Waals surface area contributed by atoms with Crippen LogP contribution in [0.2, 0.25) is 0 Å². The summed E-state index contributed by atoms with van der Waals surface area (Å²) in [7, 11) is 0. The van der Waals surface area contributed by atoms with Gasteiger partial charge in [0, 0.05) is 24.4 Å². The molecule has 0 saturated carbocycles. The summed E-state index contributed by atoms with van der Waals surface area (Å²) in [4.78, 5) is 19.9. The number of carbonyl (C=O) groups is 1. The molecule has 1 aromatic heterocycles. The lowest BCUT2D eigenvalue weighted by atomic mass is 10.0. The lowest BCUT2D eigenvalue weighted by molar-refractivity contribution is 0.101. The molecule has 6 heteroatoms. The molecule has 0 saturated heterocycles. The van der Waals surface area contributed by atoms with E-state index in [4.69, 9.17) is 4.98 Å². The van der Waals surface area contributed by atoms with E-state index in [9.17, 15) is 15.3 Å². The topological polar surface area (TPSA) is 85.7 Å². The van der Waals surface area contributed by atoms with Crippen LogP contribution in [-0.4, -0.2) is 20.2 Å². The van der Waals surface area contributed by atoms with E-state index in [0.717, 1.165) is 11.0 Å². The number of rotatable bonds is 5. The number of ketones is 1. The van der Waals surface area contributed by atoms with Gasteiger partial charge in [0.25, 0.3) is 0 Å². The zero-order valence-corrected chi connectivity index (χ0v) is 17.4. The number of carbonyl (C=O) groups excluding carboxylic acids is 1. The van der Waals surface area contributed by atoms with Crippen LogP contribution < -0.4 is 0 Å². The Kier molecular flexibility index (Phi) is 5.78. The van der Waals surface area contributed by atoms with Crippen molar-refractivity contribution in [3.8, 4) is 12.1 Å². The monoisotopic (exact) mass is 417 g/mol. The highest BCUT2D eigenvalue weighted by atomic mass is 16.1. The van der Waals surface area contributed by atoms with Crippen LogP contribution in [0.15, 0.2) is 96.0 Å². The summed E-state index contributed by atoms with van der Waals surface area (Å²) in [6.45, 7) is 2.68. The van der Waals surface area contributed by atoms with E-state index in [1.54, 1.807) is 59.7 Å². The van der Waals surface area contributed by atoms with Crippen LogP contribution in [0.5, 0.6) is 0 Å². The summed E-state index contributed by atoms with van der Waals surface area (Å²) in [5.41, 5.74) is 2.84. The molecular formula is C26H19N5O. The molecule has 0 unspecified atom stereocenters. The van der Waals surface area contributed by atoms with Gasteiger partial charge in [-0.1, -0.05) is 48.5 Å². The first kappa shape index (κ1) is 20.6. The highest BCUT2D eigenvalue weighted by molar-refractivity contribution is 6.11. The maximum atomic E-state index is 13.6. The first-order valence-electron chi connectivity index (χ1n) is 10.1. The molecule has 0 bridgehead atoms. The van der Waals surface area contributed by atoms with Crippen molar-refractivity contribution in [3.63, 3.8) is 0 Å². The minimum atomic E-state index is -0.243. The molecule has 0 radical (unpaired) electrons. The Labute approximate surface area is 185 Å². The summed E-state index contributed by atoms with van der Waals surface area (Å²) in [6, 6.07) is 20.5. The maximum Gasteiger partial charge on any atom is 0.209 e. The van der Waals surface area contributed by atoms with E-state index < -0.39 is 0 Å². The Morgan fingerprint density at radius 1 is 1.03 bits per heavy atom. The smallest absolute Gasteiger partial charge is 0.209 e. The number of hydrogen-bond donors (Lipinski definition) is 0. The quantitative estimate of drug-likeness (QED) is 0.332. The van der Waals surface area contributed by atoms with Gasteiger partial charge in [0.05, 0.1) is 22.4 Å². The van der Waals surface area contributed by atoms with Crippen molar-refractivity contribution in [2.45, 2.75) is 13.5 Å². The van der Waals surface area contributed by atoms with Crippen molar-refractivity contribution >= 4 is 22.9 Å². The number of allylic oxidation sites excluding steroid dienone is 5. The second kappa shape index (κ2) is 8.99. The van der Waals surface area contributed by atoms with Gasteiger partial charge >= 0.3 is 0 Å². The summed E-state index contributed by atoms with van der Waals surface area (Å²) >= 11 is 0. The number of hydrogen-bond acceptors (Lipinski definition) is 5. The minimum Gasteiger partial charge on any atom is -0.325 e. The van der Waals surface area contributed by atoms with Crippen molar-refractivity contribution in [2.24, 2.45) is 0 Å². The van der Waals surface area contributed by atoms with Gasteiger partial charge in [-0.15, -0.1) is 0 Å². The van der Waals surface area contributed by atoms with Crippen LogP contribution in [0.25, 0.3) is 17.1 Å². The number of imidazole rings is 1. The number of para-hydroxylation sites is 2. The van der Waals surface area contributed by atoms with E-state index in [2.05, 4.69) is 0 Å². The zero-order chi connectivity index (χ0) is 22.5. The van der Waals surface area contributed by atoms with Gasteiger partial charge in [-0.25, -0.2) is 4.98 Å². The highest BCUT2D eigenvalue weighted by Crippen LogP contribution is 2.27. The molecule has 0 fully saturated rings. The van der Waals surface area contributed by atoms with Gasteiger partial charge in [-0.05, 0) is 31.2 Å². The van der Waals surface area contributed by atoms with Crippen molar-refractivity contribution in [1.29, 1.82) is 10.5 Å². The third-order valence-electron chi connectivity index (χ3n) is 5.13. The van der Waals surface area contributed by atoms with E-state index in [1.807, 2.05) is 54.0 Å².